The highest BCUT2D eigenvalue weighted by atomic mass is 16.7. The number of hydrogen-bond acceptors (Lipinski definition) is 4. The van der Waals surface area contributed by atoms with E-state index >= 15 is 0 Å². The molecule has 6 nitrogen and oxygen atoms in total. The fourth-order valence-corrected chi connectivity index (χ4v) is 2.40. The number of hydrogen-bond donors (Lipinski definition) is 2. The molecule has 0 aromatic rings. The van der Waals surface area contributed by atoms with Gasteiger partial charge in [-0.3, -0.25) is 14.4 Å². The summed E-state index contributed by atoms with van der Waals surface area (Å²) in [6.45, 7) is 0.722. The molecule has 1 saturated carbocycles. The molecule has 1 saturated heterocycles. The molecule has 0 aromatic carbocycles. The van der Waals surface area contributed by atoms with Crippen LogP contribution < -0.4 is 5.32 Å². The second-order valence-corrected chi connectivity index (χ2v) is 4.93. The third kappa shape index (κ3) is 3.43. The quantitative estimate of drug-likeness (QED) is 0.731. The molecular weight excluding hydrogens is 236 g/mol. The molecule has 2 fully saturated rings. The van der Waals surface area contributed by atoms with Crippen LogP contribution in [0.15, 0.2) is 0 Å². The first-order valence-electron chi connectivity index (χ1n) is 6.56. The summed E-state index contributed by atoms with van der Waals surface area (Å²) in [5, 5.41) is 13.2. The van der Waals surface area contributed by atoms with E-state index in [0.29, 0.717) is 6.54 Å². The zero-order valence-electron chi connectivity index (χ0n) is 10.4. The number of rotatable bonds is 4. The van der Waals surface area contributed by atoms with E-state index in [1.165, 1.54) is 5.06 Å². The van der Waals surface area contributed by atoms with Crippen LogP contribution in [0.3, 0.4) is 0 Å². The molecule has 1 atom stereocenters. The van der Waals surface area contributed by atoms with Crippen LogP contribution >= 0.6 is 0 Å². The highest BCUT2D eigenvalue weighted by molar-refractivity contribution is 5.80. The van der Waals surface area contributed by atoms with Gasteiger partial charge in [0.1, 0.15) is 6.61 Å². The Labute approximate surface area is 106 Å². The van der Waals surface area contributed by atoms with E-state index in [9.17, 15) is 14.7 Å². The molecular formula is C12H20N2O4. The summed E-state index contributed by atoms with van der Waals surface area (Å²) < 4.78 is 0. The summed E-state index contributed by atoms with van der Waals surface area (Å²) in [5.74, 6) is -0.00842. The number of carbonyl (C=O) groups excluding carboxylic acids is 2. The molecule has 2 N–H and O–H groups in total. The van der Waals surface area contributed by atoms with Gasteiger partial charge in [-0.1, -0.05) is 12.8 Å². The predicted molar refractivity (Wildman–Crippen MR) is 63.3 cm³/mol. The van der Waals surface area contributed by atoms with Crippen molar-refractivity contribution in [3.63, 3.8) is 0 Å². The largest absolute Gasteiger partial charge is 0.389 e. The molecule has 2 rings (SSSR count). The Hall–Kier alpha value is -1.14. The standard InChI is InChI=1S/C12H20N2O4/c15-10-7-14(18-8-10)11(16)5-6-13-12(17)9-3-1-2-4-9/h9-10,15H,1-8H2,(H,13,17). The molecule has 18 heavy (non-hydrogen) atoms. The number of amides is 2. The van der Waals surface area contributed by atoms with E-state index in [4.69, 9.17) is 4.84 Å². The third-order valence-corrected chi connectivity index (χ3v) is 3.44. The van der Waals surface area contributed by atoms with Crippen molar-refractivity contribution < 1.29 is 19.5 Å². The first kappa shape index (κ1) is 13.3. The summed E-state index contributed by atoms with van der Waals surface area (Å²) in [4.78, 5) is 28.3. The smallest absolute Gasteiger partial charge is 0.247 e. The summed E-state index contributed by atoms with van der Waals surface area (Å²) in [6.07, 6.45) is 3.78. The van der Waals surface area contributed by atoms with Crippen molar-refractivity contribution in [2.24, 2.45) is 5.92 Å². The summed E-state index contributed by atoms with van der Waals surface area (Å²) in [5.41, 5.74) is 0. The highest BCUT2D eigenvalue weighted by Crippen LogP contribution is 2.24. The van der Waals surface area contributed by atoms with Crippen molar-refractivity contribution in [1.82, 2.24) is 10.4 Å². The SMILES string of the molecule is O=C(NCCC(=O)N1CC(O)CO1)C1CCCC1. The second kappa shape index (κ2) is 6.15. The number of hydroxylamine groups is 2. The Morgan fingerprint density at radius 1 is 1.33 bits per heavy atom. The van der Waals surface area contributed by atoms with Crippen LogP contribution in [0.5, 0.6) is 0 Å². The maximum atomic E-state index is 11.7. The first-order chi connectivity index (χ1) is 8.66. The molecule has 6 heteroatoms. The van der Waals surface area contributed by atoms with Gasteiger partial charge in [0.2, 0.25) is 11.8 Å². The Balaban J connectivity index is 1.62. The van der Waals surface area contributed by atoms with Gasteiger partial charge in [0.05, 0.1) is 12.6 Å². The monoisotopic (exact) mass is 256 g/mol. The minimum absolute atomic E-state index is 0.0580. The van der Waals surface area contributed by atoms with Gasteiger partial charge in [0.25, 0.3) is 0 Å². The van der Waals surface area contributed by atoms with Crippen molar-refractivity contribution >= 4 is 11.8 Å². The van der Waals surface area contributed by atoms with E-state index in [1.807, 2.05) is 0 Å². The minimum Gasteiger partial charge on any atom is -0.389 e. The predicted octanol–water partition coefficient (Wildman–Crippen LogP) is -0.182. The van der Waals surface area contributed by atoms with Gasteiger partial charge < -0.3 is 10.4 Å². The third-order valence-electron chi connectivity index (χ3n) is 3.44. The zero-order chi connectivity index (χ0) is 13.0. The van der Waals surface area contributed by atoms with Gasteiger partial charge in [-0.25, -0.2) is 5.06 Å². The highest BCUT2D eigenvalue weighted by Gasteiger charge is 2.26. The molecule has 2 aliphatic rings. The molecule has 1 heterocycles. The topological polar surface area (TPSA) is 78.9 Å². The molecule has 1 aliphatic carbocycles. The molecule has 1 aliphatic heterocycles. The normalized spacial score (nSPS) is 24.5. The molecule has 0 bridgehead atoms. The first-order valence-corrected chi connectivity index (χ1v) is 6.56. The van der Waals surface area contributed by atoms with Crippen LogP contribution in [0.1, 0.15) is 32.1 Å². The average molecular weight is 256 g/mol. The van der Waals surface area contributed by atoms with Crippen LogP contribution in [0, 0.1) is 5.92 Å². The van der Waals surface area contributed by atoms with Gasteiger partial charge in [0.15, 0.2) is 0 Å². The minimum atomic E-state index is -0.595. The van der Waals surface area contributed by atoms with Crippen LogP contribution in [0.4, 0.5) is 0 Å². The van der Waals surface area contributed by atoms with E-state index in [1.54, 1.807) is 0 Å². The summed E-state index contributed by atoms with van der Waals surface area (Å²) in [6, 6.07) is 0. The Bertz CT molecular complexity index is 315. The number of aliphatic hydroxyl groups is 1. The lowest BCUT2D eigenvalue weighted by Gasteiger charge is -2.14. The lowest BCUT2D eigenvalue weighted by atomic mass is 10.1. The number of nitrogens with one attached hydrogen (secondary N) is 1. The molecule has 102 valence electrons. The van der Waals surface area contributed by atoms with E-state index < -0.39 is 6.10 Å². The number of nitrogens with zero attached hydrogens (tertiary/aromatic N) is 1. The number of carbonyl (C=O) groups is 2. The Kier molecular flexibility index (Phi) is 4.54. The van der Waals surface area contributed by atoms with Crippen LogP contribution in [0.2, 0.25) is 0 Å². The van der Waals surface area contributed by atoms with Crippen LogP contribution in [-0.4, -0.2) is 47.8 Å². The maximum Gasteiger partial charge on any atom is 0.247 e. The molecule has 1 unspecified atom stereocenters. The summed E-state index contributed by atoms with van der Waals surface area (Å²) in [7, 11) is 0. The molecule has 0 radical (unpaired) electrons. The zero-order valence-corrected chi connectivity index (χ0v) is 10.4. The van der Waals surface area contributed by atoms with Crippen molar-refractivity contribution in [2.75, 3.05) is 19.7 Å². The Morgan fingerprint density at radius 3 is 2.67 bits per heavy atom. The van der Waals surface area contributed by atoms with Crippen molar-refractivity contribution in [3.8, 4) is 0 Å². The fourth-order valence-electron chi connectivity index (χ4n) is 2.40. The van der Waals surface area contributed by atoms with Crippen LogP contribution in [0.25, 0.3) is 0 Å². The van der Waals surface area contributed by atoms with E-state index in [2.05, 4.69) is 5.32 Å². The molecule has 2 amide bonds. The van der Waals surface area contributed by atoms with Gasteiger partial charge >= 0.3 is 0 Å². The van der Waals surface area contributed by atoms with Gasteiger partial charge in [-0.15, -0.1) is 0 Å². The summed E-state index contributed by atoms with van der Waals surface area (Å²) >= 11 is 0. The van der Waals surface area contributed by atoms with Gasteiger partial charge in [-0.2, -0.15) is 0 Å². The van der Waals surface area contributed by atoms with Crippen LogP contribution in [-0.2, 0) is 14.4 Å². The van der Waals surface area contributed by atoms with E-state index in [-0.39, 0.29) is 37.3 Å². The number of β-amino-alcohol motifs (C(OH)–C–C–N with tert-alkyl or cyclic N) is 1. The van der Waals surface area contributed by atoms with Gasteiger partial charge in [-0.05, 0) is 12.8 Å². The fraction of sp³-hybridized carbons (Fsp3) is 0.833. The Morgan fingerprint density at radius 2 is 2.06 bits per heavy atom. The van der Waals surface area contributed by atoms with E-state index in [0.717, 1.165) is 25.7 Å². The maximum absolute atomic E-state index is 11.7. The van der Waals surface area contributed by atoms with Gasteiger partial charge in [0, 0.05) is 18.9 Å². The lowest BCUT2D eigenvalue weighted by molar-refractivity contribution is -0.168. The molecule has 0 aromatic heterocycles. The van der Waals surface area contributed by atoms with Crippen molar-refractivity contribution in [2.45, 2.75) is 38.2 Å². The number of aliphatic hydroxyl groups excluding tert-OH is 1. The van der Waals surface area contributed by atoms with Crippen molar-refractivity contribution in [1.29, 1.82) is 0 Å². The lowest BCUT2D eigenvalue weighted by Crippen LogP contribution is -2.35. The second-order valence-electron chi connectivity index (χ2n) is 4.93. The average Bonchev–Trinajstić information content (AvgIpc) is 2.99. The van der Waals surface area contributed by atoms with Crippen molar-refractivity contribution in [3.05, 3.63) is 0 Å². The molecule has 0 spiro atoms.